The van der Waals surface area contributed by atoms with Crippen LogP contribution in [0.5, 0.6) is 0 Å². The molecule has 2 saturated carbocycles. The number of alkyl halides is 2. The first kappa shape index (κ1) is 8.14. The Morgan fingerprint density at radius 1 is 1.33 bits per heavy atom. The third-order valence-electron chi connectivity index (χ3n) is 3.53. The normalized spacial score (nSPS) is 45.1. The van der Waals surface area contributed by atoms with Gasteiger partial charge in [-0.3, -0.25) is 0 Å². The Balaban J connectivity index is 1.94. The largest absolute Gasteiger partial charge is 0.303 e. The Morgan fingerprint density at radius 3 is 2.25 bits per heavy atom. The molecule has 0 aromatic heterocycles. The molecule has 68 valence electrons. The van der Waals surface area contributed by atoms with Gasteiger partial charge in [-0.15, -0.1) is 0 Å². The summed E-state index contributed by atoms with van der Waals surface area (Å²) in [6, 6.07) is 0. The first-order chi connectivity index (χ1) is 5.48. The van der Waals surface area contributed by atoms with Crippen LogP contribution in [0, 0.1) is 17.3 Å². The highest BCUT2D eigenvalue weighted by Crippen LogP contribution is 2.64. The van der Waals surface area contributed by atoms with Gasteiger partial charge < -0.3 is 4.79 Å². The Kier molecular flexibility index (Phi) is 1.40. The van der Waals surface area contributed by atoms with E-state index in [9.17, 15) is 13.6 Å². The molecule has 0 aromatic rings. The average molecular weight is 174 g/mol. The summed E-state index contributed by atoms with van der Waals surface area (Å²) in [6.07, 6.45) is 1.72. The average Bonchev–Trinajstić information content (AvgIpc) is 2.58. The number of halogens is 2. The van der Waals surface area contributed by atoms with E-state index in [4.69, 9.17) is 0 Å². The Bertz CT molecular complexity index is 219. The van der Waals surface area contributed by atoms with Crippen LogP contribution in [0.25, 0.3) is 0 Å². The lowest BCUT2D eigenvalue weighted by Gasteiger charge is -2.39. The molecule has 0 aliphatic heterocycles. The maximum absolute atomic E-state index is 12.5. The second-order valence-corrected chi connectivity index (χ2v) is 4.41. The molecule has 3 heteroatoms. The molecule has 0 spiro atoms. The SMILES string of the molecule is CC1(C2CC(F)(F)C2)CC1C=O. The summed E-state index contributed by atoms with van der Waals surface area (Å²) in [6.45, 7) is 1.95. The van der Waals surface area contributed by atoms with Crippen LogP contribution in [-0.4, -0.2) is 12.2 Å². The zero-order chi connectivity index (χ0) is 8.98. The Labute approximate surface area is 70.1 Å². The van der Waals surface area contributed by atoms with Gasteiger partial charge >= 0.3 is 0 Å². The molecule has 0 N–H and O–H groups in total. The van der Waals surface area contributed by atoms with Gasteiger partial charge in [0, 0.05) is 18.8 Å². The smallest absolute Gasteiger partial charge is 0.248 e. The molecule has 12 heavy (non-hydrogen) atoms. The third-order valence-corrected chi connectivity index (χ3v) is 3.53. The summed E-state index contributed by atoms with van der Waals surface area (Å²) < 4.78 is 25.0. The van der Waals surface area contributed by atoms with Crippen molar-refractivity contribution in [2.24, 2.45) is 17.3 Å². The predicted molar refractivity (Wildman–Crippen MR) is 39.9 cm³/mol. The van der Waals surface area contributed by atoms with Crippen molar-refractivity contribution in [1.29, 1.82) is 0 Å². The van der Waals surface area contributed by atoms with Crippen LogP contribution < -0.4 is 0 Å². The van der Waals surface area contributed by atoms with Crippen molar-refractivity contribution in [2.75, 3.05) is 0 Å². The van der Waals surface area contributed by atoms with Crippen LogP contribution >= 0.6 is 0 Å². The van der Waals surface area contributed by atoms with Gasteiger partial charge in [-0.25, -0.2) is 8.78 Å². The summed E-state index contributed by atoms with van der Waals surface area (Å²) in [7, 11) is 0. The second-order valence-electron chi connectivity index (χ2n) is 4.41. The van der Waals surface area contributed by atoms with Gasteiger partial charge in [-0.2, -0.15) is 0 Å². The van der Waals surface area contributed by atoms with Gasteiger partial charge in [0.15, 0.2) is 0 Å². The van der Waals surface area contributed by atoms with Crippen LogP contribution in [0.1, 0.15) is 26.2 Å². The van der Waals surface area contributed by atoms with E-state index in [2.05, 4.69) is 0 Å². The van der Waals surface area contributed by atoms with Crippen molar-refractivity contribution in [3.63, 3.8) is 0 Å². The maximum atomic E-state index is 12.5. The van der Waals surface area contributed by atoms with Gasteiger partial charge in [-0.05, 0) is 17.8 Å². The van der Waals surface area contributed by atoms with Gasteiger partial charge in [0.2, 0.25) is 5.92 Å². The lowest BCUT2D eigenvalue weighted by Crippen LogP contribution is -2.40. The molecule has 0 radical (unpaired) electrons. The van der Waals surface area contributed by atoms with Crippen molar-refractivity contribution in [3.05, 3.63) is 0 Å². The fourth-order valence-electron chi connectivity index (χ4n) is 2.22. The quantitative estimate of drug-likeness (QED) is 0.587. The van der Waals surface area contributed by atoms with Gasteiger partial charge in [0.25, 0.3) is 0 Å². The van der Waals surface area contributed by atoms with Crippen molar-refractivity contribution < 1.29 is 13.6 Å². The lowest BCUT2D eigenvalue weighted by atomic mass is 9.71. The molecule has 0 aromatic carbocycles. The fourth-order valence-corrected chi connectivity index (χ4v) is 2.22. The molecule has 2 fully saturated rings. The van der Waals surface area contributed by atoms with E-state index in [-0.39, 0.29) is 30.1 Å². The van der Waals surface area contributed by atoms with Crippen LogP contribution in [0.3, 0.4) is 0 Å². The minimum absolute atomic E-state index is 0.00611. The summed E-state index contributed by atoms with van der Waals surface area (Å²) in [5.74, 6) is -2.30. The topological polar surface area (TPSA) is 17.1 Å². The molecule has 0 saturated heterocycles. The standard InChI is InChI=1S/C9H12F2O/c1-8(2-7(8)5-12)6-3-9(10,11)4-6/h5-7H,2-4H2,1H3. The Morgan fingerprint density at radius 2 is 1.92 bits per heavy atom. The maximum Gasteiger partial charge on any atom is 0.248 e. The molecular weight excluding hydrogens is 162 g/mol. The molecular formula is C9H12F2O. The highest BCUT2D eigenvalue weighted by Gasteiger charge is 2.62. The molecule has 2 atom stereocenters. The highest BCUT2D eigenvalue weighted by atomic mass is 19.3. The zero-order valence-electron chi connectivity index (χ0n) is 7.02. The molecule has 2 unspecified atom stereocenters. The molecule has 0 amide bonds. The molecule has 2 rings (SSSR count). The number of rotatable bonds is 2. The van der Waals surface area contributed by atoms with E-state index in [1.54, 1.807) is 0 Å². The summed E-state index contributed by atoms with van der Waals surface area (Å²) in [5.41, 5.74) is -0.0799. The van der Waals surface area contributed by atoms with E-state index in [1.807, 2.05) is 6.92 Å². The number of hydrogen-bond donors (Lipinski definition) is 0. The monoisotopic (exact) mass is 174 g/mol. The third kappa shape index (κ3) is 0.985. The highest BCUT2D eigenvalue weighted by molar-refractivity contribution is 5.60. The van der Waals surface area contributed by atoms with E-state index >= 15 is 0 Å². The van der Waals surface area contributed by atoms with Gasteiger partial charge in [0.05, 0.1) is 0 Å². The van der Waals surface area contributed by atoms with Crippen LogP contribution in [-0.2, 0) is 4.79 Å². The number of carbonyl (C=O) groups is 1. The lowest BCUT2D eigenvalue weighted by molar-refractivity contribution is -0.133. The molecule has 1 nitrogen and oxygen atoms in total. The van der Waals surface area contributed by atoms with Crippen molar-refractivity contribution in [2.45, 2.75) is 32.1 Å². The minimum Gasteiger partial charge on any atom is -0.303 e. The van der Waals surface area contributed by atoms with Crippen molar-refractivity contribution in [3.8, 4) is 0 Å². The molecule has 2 aliphatic carbocycles. The summed E-state index contributed by atoms with van der Waals surface area (Å²) in [4.78, 5) is 10.4. The van der Waals surface area contributed by atoms with E-state index < -0.39 is 5.92 Å². The van der Waals surface area contributed by atoms with Crippen LogP contribution in [0.4, 0.5) is 8.78 Å². The van der Waals surface area contributed by atoms with E-state index in [0.29, 0.717) is 0 Å². The fraction of sp³-hybridized carbons (Fsp3) is 0.889. The number of aldehydes is 1. The summed E-state index contributed by atoms with van der Waals surface area (Å²) in [5, 5.41) is 0. The van der Waals surface area contributed by atoms with Crippen molar-refractivity contribution >= 4 is 6.29 Å². The predicted octanol–water partition coefficient (Wildman–Crippen LogP) is 2.26. The van der Waals surface area contributed by atoms with Crippen LogP contribution in [0.15, 0.2) is 0 Å². The number of carbonyl (C=O) groups excluding carboxylic acids is 1. The first-order valence-electron chi connectivity index (χ1n) is 4.31. The van der Waals surface area contributed by atoms with Gasteiger partial charge in [-0.1, -0.05) is 6.92 Å². The van der Waals surface area contributed by atoms with E-state index in [1.165, 1.54) is 0 Å². The zero-order valence-corrected chi connectivity index (χ0v) is 7.02. The minimum atomic E-state index is -2.44. The first-order valence-corrected chi connectivity index (χ1v) is 4.31. The van der Waals surface area contributed by atoms with E-state index in [0.717, 1.165) is 12.7 Å². The molecule has 0 bridgehead atoms. The Hall–Kier alpha value is -0.470. The molecule has 0 heterocycles. The van der Waals surface area contributed by atoms with Gasteiger partial charge in [0.1, 0.15) is 6.29 Å². The summed E-state index contributed by atoms with van der Waals surface area (Å²) >= 11 is 0. The van der Waals surface area contributed by atoms with Crippen LogP contribution in [0.2, 0.25) is 0 Å². The number of hydrogen-bond acceptors (Lipinski definition) is 1. The second kappa shape index (κ2) is 2.06. The van der Waals surface area contributed by atoms with Crippen molar-refractivity contribution in [1.82, 2.24) is 0 Å². The molecule has 2 aliphatic rings.